The van der Waals surface area contributed by atoms with Gasteiger partial charge in [0, 0.05) is 11.8 Å². The maximum absolute atomic E-state index is 12.0. The lowest BCUT2D eigenvalue weighted by atomic mass is 10.1. The highest BCUT2D eigenvalue weighted by atomic mass is 16.1. The summed E-state index contributed by atoms with van der Waals surface area (Å²) >= 11 is 0. The van der Waals surface area contributed by atoms with Crippen molar-refractivity contribution in [2.45, 2.75) is 6.92 Å². The molecule has 1 heterocycles. The second-order valence-corrected chi connectivity index (χ2v) is 3.81. The first-order valence-electron chi connectivity index (χ1n) is 5.44. The summed E-state index contributed by atoms with van der Waals surface area (Å²) in [5.74, 6) is 0.151. The zero-order valence-electron chi connectivity index (χ0n) is 9.84. The van der Waals surface area contributed by atoms with Gasteiger partial charge in [-0.05, 0) is 30.7 Å². The molecular weight excluding hydrogens is 226 g/mol. The quantitative estimate of drug-likeness (QED) is 0.872. The normalized spacial score (nSPS) is 9.56. The number of hydrogen-bond donors (Lipinski definition) is 1. The second-order valence-electron chi connectivity index (χ2n) is 3.81. The molecule has 0 spiro atoms. The number of aryl methyl sites for hydroxylation is 1. The summed E-state index contributed by atoms with van der Waals surface area (Å²) in [6.07, 6.45) is 1.49. The van der Waals surface area contributed by atoms with Crippen molar-refractivity contribution in [3.05, 3.63) is 59.3 Å². The van der Waals surface area contributed by atoms with Gasteiger partial charge in [0.05, 0.1) is 11.6 Å². The van der Waals surface area contributed by atoms with Gasteiger partial charge in [0.25, 0.3) is 5.91 Å². The Balaban J connectivity index is 2.22. The van der Waals surface area contributed by atoms with Gasteiger partial charge < -0.3 is 5.32 Å². The van der Waals surface area contributed by atoms with Crippen LogP contribution in [0.2, 0.25) is 0 Å². The van der Waals surface area contributed by atoms with Gasteiger partial charge in [0.1, 0.15) is 5.82 Å². The smallest absolute Gasteiger partial charge is 0.257 e. The highest BCUT2D eigenvalue weighted by Crippen LogP contribution is 2.11. The molecule has 18 heavy (non-hydrogen) atoms. The first-order chi connectivity index (χ1) is 8.70. The number of aromatic nitrogens is 1. The fraction of sp³-hybridized carbons (Fsp3) is 0.0714. The lowest BCUT2D eigenvalue weighted by Crippen LogP contribution is -2.14. The molecule has 0 unspecified atom stereocenters. The molecule has 0 radical (unpaired) electrons. The number of amides is 1. The number of rotatable bonds is 2. The molecule has 1 amide bonds. The largest absolute Gasteiger partial charge is 0.307 e. The first-order valence-corrected chi connectivity index (χ1v) is 5.44. The highest BCUT2D eigenvalue weighted by molar-refractivity contribution is 6.04. The third-order valence-corrected chi connectivity index (χ3v) is 2.52. The van der Waals surface area contributed by atoms with Crippen LogP contribution in [0.4, 0.5) is 5.82 Å². The van der Waals surface area contributed by atoms with Gasteiger partial charge in [0.15, 0.2) is 0 Å². The predicted octanol–water partition coefficient (Wildman–Crippen LogP) is 2.51. The van der Waals surface area contributed by atoms with Gasteiger partial charge in [-0.3, -0.25) is 4.79 Å². The van der Waals surface area contributed by atoms with Crippen LogP contribution in [-0.2, 0) is 0 Å². The Hall–Kier alpha value is -2.67. The maximum atomic E-state index is 12.0. The molecule has 0 aliphatic rings. The number of nitriles is 1. The number of carbonyl (C=O) groups excluding carboxylic acids is 1. The van der Waals surface area contributed by atoms with Crippen LogP contribution in [-0.4, -0.2) is 10.9 Å². The van der Waals surface area contributed by atoms with E-state index in [9.17, 15) is 4.79 Å². The zero-order chi connectivity index (χ0) is 13.0. The summed E-state index contributed by atoms with van der Waals surface area (Å²) in [6.45, 7) is 1.87. The van der Waals surface area contributed by atoms with E-state index in [1.807, 2.05) is 25.1 Å². The lowest BCUT2D eigenvalue weighted by molar-refractivity contribution is 0.102. The number of anilines is 1. The lowest BCUT2D eigenvalue weighted by Gasteiger charge is -2.06. The second kappa shape index (κ2) is 5.11. The molecule has 0 atom stereocenters. The van der Waals surface area contributed by atoms with Gasteiger partial charge in [-0.2, -0.15) is 5.26 Å². The minimum absolute atomic E-state index is 0.226. The van der Waals surface area contributed by atoms with Crippen LogP contribution in [0.5, 0.6) is 0 Å². The van der Waals surface area contributed by atoms with E-state index >= 15 is 0 Å². The van der Waals surface area contributed by atoms with Gasteiger partial charge in [0.2, 0.25) is 0 Å². The molecule has 1 aromatic heterocycles. The Bertz CT molecular complexity index is 629. The third-order valence-electron chi connectivity index (χ3n) is 2.52. The number of hydrogen-bond acceptors (Lipinski definition) is 3. The Labute approximate surface area is 105 Å². The molecule has 88 valence electrons. The van der Waals surface area contributed by atoms with Crippen molar-refractivity contribution in [3.8, 4) is 6.07 Å². The summed E-state index contributed by atoms with van der Waals surface area (Å²) in [5.41, 5.74) is 1.96. The molecule has 1 aromatic carbocycles. The van der Waals surface area contributed by atoms with Crippen molar-refractivity contribution < 1.29 is 4.79 Å². The Morgan fingerprint density at radius 3 is 2.83 bits per heavy atom. The Morgan fingerprint density at radius 2 is 2.11 bits per heavy atom. The topological polar surface area (TPSA) is 65.8 Å². The van der Waals surface area contributed by atoms with E-state index in [2.05, 4.69) is 10.3 Å². The molecule has 0 bridgehead atoms. The van der Waals surface area contributed by atoms with E-state index in [-0.39, 0.29) is 5.91 Å². The van der Waals surface area contributed by atoms with Crippen molar-refractivity contribution in [3.63, 3.8) is 0 Å². The average molecular weight is 237 g/mol. The van der Waals surface area contributed by atoms with E-state index in [0.29, 0.717) is 16.9 Å². The summed E-state index contributed by atoms with van der Waals surface area (Å²) in [5, 5.41) is 11.4. The van der Waals surface area contributed by atoms with E-state index in [1.165, 1.54) is 12.3 Å². The number of pyridine rings is 1. The van der Waals surface area contributed by atoms with Gasteiger partial charge in [-0.1, -0.05) is 18.2 Å². The van der Waals surface area contributed by atoms with Crippen LogP contribution in [0.3, 0.4) is 0 Å². The summed E-state index contributed by atoms with van der Waals surface area (Å²) in [7, 11) is 0. The van der Waals surface area contributed by atoms with Crippen LogP contribution in [0.15, 0.2) is 42.6 Å². The van der Waals surface area contributed by atoms with Crippen LogP contribution < -0.4 is 5.32 Å². The molecule has 2 rings (SSSR count). The zero-order valence-corrected chi connectivity index (χ0v) is 9.84. The molecule has 4 nitrogen and oxygen atoms in total. The molecule has 2 aromatic rings. The number of benzene rings is 1. The van der Waals surface area contributed by atoms with E-state index < -0.39 is 0 Å². The molecule has 0 aliphatic carbocycles. The molecule has 4 heteroatoms. The van der Waals surface area contributed by atoms with Crippen LogP contribution in [0, 0.1) is 18.3 Å². The van der Waals surface area contributed by atoms with Crippen molar-refractivity contribution in [2.75, 3.05) is 5.32 Å². The molecular formula is C14H11N3O. The SMILES string of the molecule is Cc1ccccc1C(=O)Nc1cc(C#N)ccn1. The van der Waals surface area contributed by atoms with Crippen LogP contribution >= 0.6 is 0 Å². The van der Waals surface area contributed by atoms with E-state index in [4.69, 9.17) is 5.26 Å². The predicted molar refractivity (Wildman–Crippen MR) is 68.1 cm³/mol. The van der Waals surface area contributed by atoms with Crippen LogP contribution in [0.1, 0.15) is 21.5 Å². The molecule has 0 saturated carbocycles. The molecule has 1 N–H and O–H groups in total. The maximum Gasteiger partial charge on any atom is 0.257 e. The number of nitrogens with one attached hydrogen (secondary N) is 1. The molecule has 0 saturated heterocycles. The summed E-state index contributed by atoms with van der Waals surface area (Å²) < 4.78 is 0. The summed E-state index contributed by atoms with van der Waals surface area (Å²) in [4.78, 5) is 16.0. The summed E-state index contributed by atoms with van der Waals surface area (Å²) in [6, 6.07) is 12.4. The monoisotopic (exact) mass is 237 g/mol. The van der Waals surface area contributed by atoms with Gasteiger partial charge >= 0.3 is 0 Å². The standard InChI is InChI=1S/C14H11N3O/c1-10-4-2-3-5-12(10)14(18)17-13-8-11(9-15)6-7-16-13/h2-8H,1H3,(H,16,17,18). The first kappa shape index (κ1) is 11.8. The van der Waals surface area contributed by atoms with Gasteiger partial charge in [-0.25, -0.2) is 4.98 Å². The van der Waals surface area contributed by atoms with Gasteiger partial charge in [-0.15, -0.1) is 0 Å². The van der Waals surface area contributed by atoms with E-state index in [1.54, 1.807) is 18.2 Å². The van der Waals surface area contributed by atoms with Crippen molar-refractivity contribution in [1.29, 1.82) is 5.26 Å². The number of carbonyl (C=O) groups is 1. The van der Waals surface area contributed by atoms with Crippen molar-refractivity contribution in [1.82, 2.24) is 4.98 Å². The fourth-order valence-corrected chi connectivity index (χ4v) is 1.58. The average Bonchev–Trinajstić information content (AvgIpc) is 2.39. The number of nitrogens with zero attached hydrogens (tertiary/aromatic N) is 2. The van der Waals surface area contributed by atoms with Crippen molar-refractivity contribution in [2.24, 2.45) is 0 Å². The minimum Gasteiger partial charge on any atom is -0.307 e. The Kier molecular flexibility index (Phi) is 3.35. The molecule has 0 fully saturated rings. The third kappa shape index (κ3) is 2.53. The highest BCUT2D eigenvalue weighted by Gasteiger charge is 2.09. The minimum atomic E-state index is -0.226. The van der Waals surface area contributed by atoms with E-state index in [0.717, 1.165) is 5.56 Å². The van der Waals surface area contributed by atoms with Crippen molar-refractivity contribution >= 4 is 11.7 Å². The molecule has 0 aliphatic heterocycles. The van der Waals surface area contributed by atoms with Crippen LogP contribution in [0.25, 0.3) is 0 Å². The Morgan fingerprint density at radius 1 is 1.33 bits per heavy atom. The fourth-order valence-electron chi connectivity index (χ4n) is 1.58.